The lowest BCUT2D eigenvalue weighted by atomic mass is 10.1. The molecule has 0 fully saturated rings. The van der Waals surface area contributed by atoms with Crippen molar-refractivity contribution in [3.8, 4) is 16.9 Å². The Morgan fingerprint density at radius 2 is 1.67 bits per heavy atom. The molecule has 0 bridgehead atoms. The van der Waals surface area contributed by atoms with E-state index < -0.39 is 22.3 Å². The van der Waals surface area contributed by atoms with E-state index in [2.05, 4.69) is 5.32 Å². The summed E-state index contributed by atoms with van der Waals surface area (Å²) in [5.41, 5.74) is 2.04. The highest BCUT2D eigenvalue weighted by Gasteiger charge is 2.14. The minimum Gasteiger partial charge on any atom is -0.484 e. The number of hydrogen-bond donors (Lipinski definition) is 1. The average Bonchev–Trinajstić information content (AvgIpc) is 2.67. The van der Waals surface area contributed by atoms with Crippen LogP contribution in [0.4, 0.5) is 15.8 Å². The first-order valence-electron chi connectivity index (χ1n) is 8.05. The fourth-order valence-corrected chi connectivity index (χ4v) is 2.45. The van der Waals surface area contributed by atoms with Crippen molar-refractivity contribution in [2.45, 2.75) is 0 Å². The number of amides is 1. The van der Waals surface area contributed by atoms with Crippen LogP contribution in [0.2, 0.25) is 0 Å². The number of nitro benzene ring substituents is 1. The summed E-state index contributed by atoms with van der Waals surface area (Å²) in [5.74, 6) is -1.41. The van der Waals surface area contributed by atoms with Gasteiger partial charge in [-0.05, 0) is 29.3 Å². The lowest BCUT2D eigenvalue weighted by Crippen LogP contribution is -2.20. The van der Waals surface area contributed by atoms with E-state index in [1.165, 1.54) is 6.07 Å². The largest absolute Gasteiger partial charge is 0.484 e. The van der Waals surface area contributed by atoms with Crippen molar-refractivity contribution in [2.75, 3.05) is 11.9 Å². The van der Waals surface area contributed by atoms with Crippen LogP contribution in [0, 0.1) is 15.9 Å². The molecule has 1 amide bonds. The third-order valence-corrected chi connectivity index (χ3v) is 3.76. The maximum atomic E-state index is 13.5. The molecule has 0 radical (unpaired) electrons. The van der Waals surface area contributed by atoms with E-state index in [0.29, 0.717) is 5.69 Å². The smallest absolute Gasteiger partial charge is 0.305 e. The van der Waals surface area contributed by atoms with Gasteiger partial charge in [-0.15, -0.1) is 0 Å². The molecular formula is C20H15FN2O4. The van der Waals surface area contributed by atoms with Crippen molar-refractivity contribution in [2.24, 2.45) is 0 Å². The zero-order chi connectivity index (χ0) is 19.2. The Kier molecular flexibility index (Phi) is 5.41. The van der Waals surface area contributed by atoms with Crippen molar-refractivity contribution < 1.29 is 18.8 Å². The van der Waals surface area contributed by atoms with Crippen LogP contribution in [0.3, 0.4) is 0 Å². The third-order valence-electron chi connectivity index (χ3n) is 3.76. The number of nitrogens with one attached hydrogen (secondary N) is 1. The van der Waals surface area contributed by atoms with Gasteiger partial charge in [0.05, 0.1) is 4.92 Å². The van der Waals surface area contributed by atoms with Gasteiger partial charge in [0.2, 0.25) is 5.82 Å². The number of anilines is 1. The zero-order valence-electron chi connectivity index (χ0n) is 14.1. The maximum Gasteiger partial charge on any atom is 0.305 e. The number of halogens is 1. The van der Waals surface area contributed by atoms with Crippen molar-refractivity contribution >= 4 is 17.3 Å². The molecule has 7 heteroatoms. The van der Waals surface area contributed by atoms with Gasteiger partial charge < -0.3 is 10.1 Å². The minimum atomic E-state index is -1.02. The Hall–Kier alpha value is -3.74. The SMILES string of the molecule is O=C(COc1ccc([N+](=O)[O-])c(F)c1)Nc1ccc(-c2ccccc2)cc1. The number of rotatable bonds is 6. The maximum absolute atomic E-state index is 13.5. The molecule has 0 saturated carbocycles. The van der Waals surface area contributed by atoms with Crippen LogP contribution in [0.1, 0.15) is 0 Å². The number of ether oxygens (including phenoxy) is 1. The number of nitro groups is 1. The lowest BCUT2D eigenvalue weighted by Gasteiger charge is -2.08. The highest BCUT2D eigenvalue weighted by Crippen LogP contribution is 2.23. The minimum absolute atomic E-state index is 0.0349. The van der Waals surface area contributed by atoms with Crippen LogP contribution in [0.25, 0.3) is 11.1 Å². The fourth-order valence-electron chi connectivity index (χ4n) is 2.45. The quantitative estimate of drug-likeness (QED) is 0.517. The van der Waals surface area contributed by atoms with Gasteiger partial charge in [-0.1, -0.05) is 42.5 Å². The molecule has 0 spiro atoms. The summed E-state index contributed by atoms with van der Waals surface area (Å²) in [7, 11) is 0. The van der Waals surface area contributed by atoms with Gasteiger partial charge in [0.25, 0.3) is 5.91 Å². The molecular weight excluding hydrogens is 351 g/mol. The van der Waals surface area contributed by atoms with Crippen molar-refractivity contribution in [3.05, 3.63) is 88.7 Å². The van der Waals surface area contributed by atoms with Crippen LogP contribution >= 0.6 is 0 Å². The Bertz CT molecular complexity index is 959. The van der Waals surface area contributed by atoms with E-state index in [0.717, 1.165) is 23.3 Å². The van der Waals surface area contributed by atoms with Gasteiger partial charge >= 0.3 is 5.69 Å². The monoisotopic (exact) mass is 366 g/mol. The summed E-state index contributed by atoms with van der Waals surface area (Å²) in [6.45, 7) is -0.350. The van der Waals surface area contributed by atoms with Crippen LogP contribution in [0.15, 0.2) is 72.8 Å². The summed E-state index contributed by atoms with van der Waals surface area (Å²) < 4.78 is 18.7. The zero-order valence-corrected chi connectivity index (χ0v) is 14.1. The van der Waals surface area contributed by atoms with Gasteiger partial charge in [-0.2, -0.15) is 4.39 Å². The predicted molar refractivity (Wildman–Crippen MR) is 99.1 cm³/mol. The summed E-state index contributed by atoms with van der Waals surface area (Å²) >= 11 is 0. The fraction of sp³-hybridized carbons (Fsp3) is 0.0500. The molecule has 0 aliphatic rings. The molecule has 0 aliphatic heterocycles. The lowest BCUT2D eigenvalue weighted by molar-refractivity contribution is -0.387. The molecule has 136 valence electrons. The van der Waals surface area contributed by atoms with E-state index in [1.807, 2.05) is 42.5 Å². The molecule has 0 aromatic heterocycles. The highest BCUT2D eigenvalue weighted by atomic mass is 19.1. The van der Waals surface area contributed by atoms with Crippen molar-refractivity contribution in [1.29, 1.82) is 0 Å². The van der Waals surface area contributed by atoms with Gasteiger partial charge in [-0.3, -0.25) is 14.9 Å². The number of carbonyl (C=O) groups is 1. The van der Waals surface area contributed by atoms with E-state index in [1.54, 1.807) is 12.1 Å². The Labute approximate surface area is 154 Å². The second-order valence-corrected chi connectivity index (χ2v) is 5.65. The van der Waals surface area contributed by atoms with Crippen molar-refractivity contribution in [3.63, 3.8) is 0 Å². The van der Waals surface area contributed by atoms with Crippen LogP contribution < -0.4 is 10.1 Å². The molecule has 0 aliphatic carbocycles. The number of benzene rings is 3. The average molecular weight is 366 g/mol. The first-order valence-corrected chi connectivity index (χ1v) is 8.05. The molecule has 0 unspecified atom stereocenters. The van der Waals surface area contributed by atoms with E-state index in [-0.39, 0.29) is 12.4 Å². The van der Waals surface area contributed by atoms with Gasteiger partial charge in [0.1, 0.15) is 5.75 Å². The Morgan fingerprint density at radius 1 is 1.00 bits per heavy atom. The summed E-state index contributed by atoms with van der Waals surface area (Å²) in [6, 6.07) is 20.2. The summed E-state index contributed by atoms with van der Waals surface area (Å²) in [5, 5.41) is 13.2. The second-order valence-electron chi connectivity index (χ2n) is 5.65. The van der Waals surface area contributed by atoms with Gasteiger partial charge in [-0.25, -0.2) is 0 Å². The molecule has 1 N–H and O–H groups in total. The predicted octanol–water partition coefficient (Wildman–Crippen LogP) is 4.42. The van der Waals surface area contributed by atoms with Crippen LogP contribution in [-0.4, -0.2) is 17.4 Å². The first-order chi connectivity index (χ1) is 13.0. The number of hydrogen-bond acceptors (Lipinski definition) is 4. The topological polar surface area (TPSA) is 81.5 Å². The number of nitrogens with zero attached hydrogens (tertiary/aromatic N) is 1. The molecule has 3 aromatic carbocycles. The van der Waals surface area contributed by atoms with E-state index in [9.17, 15) is 19.3 Å². The highest BCUT2D eigenvalue weighted by molar-refractivity contribution is 5.92. The van der Waals surface area contributed by atoms with Crippen LogP contribution in [0.5, 0.6) is 5.75 Å². The normalized spacial score (nSPS) is 10.3. The standard InChI is InChI=1S/C20H15FN2O4/c21-18-12-17(10-11-19(18)23(25)26)27-13-20(24)22-16-8-6-15(7-9-16)14-4-2-1-3-5-14/h1-12H,13H2,(H,22,24). The third kappa shape index (κ3) is 4.66. The van der Waals surface area contributed by atoms with Gasteiger partial charge in [0, 0.05) is 17.8 Å². The first kappa shape index (κ1) is 18.1. The van der Waals surface area contributed by atoms with Crippen molar-refractivity contribution in [1.82, 2.24) is 0 Å². The molecule has 0 heterocycles. The molecule has 6 nitrogen and oxygen atoms in total. The molecule has 0 atom stereocenters. The van der Waals surface area contributed by atoms with E-state index in [4.69, 9.17) is 4.74 Å². The summed E-state index contributed by atoms with van der Waals surface area (Å²) in [6.07, 6.45) is 0. The molecule has 3 rings (SSSR count). The Balaban J connectivity index is 1.56. The molecule has 0 saturated heterocycles. The second kappa shape index (κ2) is 8.09. The van der Waals surface area contributed by atoms with E-state index >= 15 is 0 Å². The molecule has 3 aromatic rings. The molecule has 27 heavy (non-hydrogen) atoms. The Morgan fingerprint density at radius 3 is 2.30 bits per heavy atom. The number of carbonyl (C=O) groups excluding carboxylic acids is 1. The van der Waals surface area contributed by atoms with Crippen LogP contribution in [-0.2, 0) is 4.79 Å². The summed E-state index contributed by atoms with van der Waals surface area (Å²) in [4.78, 5) is 21.7. The van der Waals surface area contributed by atoms with Gasteiger partial charge in [0.15, 0.2) is 6.61 Å².